The van der Waals surface area contributed by atoms with Gasteiger partial charge in [-0.05, 0) is 45.4 Å². The van der Waals surface area contributed by atoms with Crippen LogP contribution in [0.15, 0.2) is 6.33 Å². The van der Waals surface area contributed by atoms with Gasteiger partial charge < -0.3 is 10.6 Å². The molecule has 4 nitrogen and oxygen atoms in total. The van der Waals surface area contributed by atoms with Gasteiger partial charge in [0.2, 0.25) is 0 Å². The lowest BCUT2D eigenvalue weighted by molar-refractivity contribution is 0.318. The zero-order valence-corrected chi connectivity index (χ0v) is 13.1. The lowest BCUT2D eigenvalue weighted by atomic mass is 9.83. The average Bonchev–Trinajstić information content (AvgIpc) is 2.46. The predicted molar refractivity (Wildman–Crippen MR) is 85.2 cm³/mol. The van der Waals surface area contributed by atoms with Crippen LogP contribution in [0.1, 0.15) is 57.9 Å². The second-order valence-electron chi connectivity index (χ2n) is 5.88. The third-order valence-electron chi connectivity index (χ3n) is 4.31. The van der Waals surface area contributed by atoms with Crippen LogP contribution >= 0.6 is 0 Å². The molecule has 0 aliphatic heterocycles. The smallest absolute Gasteiger partial charge is 0.134 e. The Labute approximate surface area is 122 Å². The second-order valence-corrected chi connectivity index (χ2v) is 5.88. The van der Waals surface area contributed by atoms with Crippen molar-refractivity contribution < 1.29 is 0 Å². The third kappa shape index (κ3) is 3.84. The molecular formula is C16H28N4. The van der Waals surface area contributed by atoms with Gasteiger partial charge in [0.1, 0.15) is 18.0 Å². The summed E-state index contributed by atoms with van der Waals surface area (Å²) in [5, 5.41) is 6.91. The number of rotatable bonds is 6. The van der Waals surface area contributed by atoms with Crippen LogP contribution in [0, 0.1) is 12.8 Å². The van der Waals surface area contributed by atoms with Crippen LogP contribution in [0.3, 0.4) is 0 Å². The summed E-state index contributed by atoms with van der Waals surface area (Å²) in [5.41, 5.74) is 1.13. The largest absolute Gasteiger partial charge is 0.370 e. The molecule has 2 rings (SSSR count). The molecule has 1 aliphatic carbocycles. The number of anilines is 2. The van der Waals surface area contributed by atoms with E-state index in [1.807, 2.05) is 0 Å². The fraction of sp³-hybridized carbons (Fsp3) is 0.750. The van der Waals surface area contributed by atoms with Crippen molar-refractivity contribution in [2.45, 2.75) is 65.3 Å². The van der Waals surface area contributed by atoms with E-state index in [0.29, 0.717) is 6.04 Å². The number of nitrogens with zero attached hydrogens (tertiary/aromatic N) is 2. The first kappa shape index (κ1) is 15.1. The first-order valence-electron chi connectivity index (χ1n) is 8.06. The molecule has 0 spiro atoms. The van der Waals surface area contributed by atoms with Gasteiger partial charge in [0.25, 0.3) is 0 Å². The van der Waals surface area contributed by atoms with Crippen molar-refractivity contribution in [3.8, 4) is 0 Å². The molecule has 0 radical (unpaired) electrons. The number of aromatic nitrogens is 2. The number of nitrogens with one attached hydrogen (secondary N) is 2. The number of hydrogen-bond donors (Lipinski definition) is 2. The molecule has 112 valence electrons. The molecule has 1 fully saturated rings. The Balaban J connectivity index is 1.92. The normalized spacial score (nSPS) is 22.6. The van der Waals surface area contributed by atoms with Gasteiger partial charge in [-0.15, -0.1) is 0 Å². The lowest BCUT2D eigenvalue weighted by Gasteiger charge is -2.29. The molecular weight excluding hydrogens is 248 g/mol. The molecule has 4 heteroatoms. The molecule has 0 amide bonds. The second kappa shape index (κ2) is 7.46. The zero-order chi connectivity index (χ0) is 14.4. The van der Waals surface area contributed by atoms with Crippen LogP contribution in [-0.2, 0) is 0 Å². The Morgan fingerprint density at radius 1 is 1.10 bits per heavy atom. The first-order valence-corrected chi connectivity index (χ1v) is 8.06. The minimum atomic E-state index is 0.575. The van der Waals surface area contributed by atoms with Crippen LogP contribution in [0.4, 0.5) is 11.6 Å². The highest BCUT2D eigenvalue weighted by atomic mass is 15.1. The van der Waals surface area contributed by atoms with E-state index in [2.05, 4.69) is 41.4 Å². The maximum atomic E-state index is 4.41. The van der Waals surface area contributed by atoms with Gasteiger partial charge in [-0.25, -0.2) is 9.97 Å². The first-order chi connectivity index (χ1) is 9.74. The fourth-order valence-corrected chi connectivity index (χ4v) is 3.14. The van der Waals surface area contributed by atoms with Gasteiger partial charge in [-0.3, -0.25) is 0 Å². The fourth-order valence-electron chi connectivity index (χ4n) is 3.14. The van der Waals surface area contributed by atoms with Crippen LogP contribution < -0.4 is 10.6 Å². The van der Waals surface area contributed by atoms with E-state index in [4.69, 9.17) is 0 Å². The molecule has 2 N–H and O–H groups in total. The van der Waals surface area contributed by atoms with Gasteiger partial charge in [0.15, 0.2) is 0 Å². The SMILES string of the molecule is CCCC1CCC(Nc2ncnc(NCC)c2C)CC1. The highest BCUT2D eigenvalue weighted by Crippen LogP contribution is 2.30. The van der Waals surface area contributed by atoms with E-state index in [-0.39, 0.29) is 0 Å². The average molecular weight is 276 g/mol. The Morgan fingerprint density at radius 3 is 2.45 bits per heavy atom. The summed E-state index contributed by atoms with van der Waals surface area (Å²) in [6, 6.07) is 0.575. The van der Waals surface area contributed by atoms with E-state index in [0.717, 1.165) is 29.7 Å². The minimum Gasteiger partial charge on any atom is -0.370 e. The molecule has 0 saturated heterocycles. The van der Waals surface area contributed by atoms with E-state index in [1.165, 1.54) is 38.5 Å². The van der Waals surface area contributed by atoms with E-state index in [9.17, 15) is 0 Å². The molecule has 1 heterocycles. The Hall–Kier alpha value is -1.32. The van der Waals surface area contributed by atoms with Crippen molar-refractivity contribution in [3.05, 3.63) is 11.9 Å². The van der Waals surface area contributed by atoms with Gasteiger partial charge >= 0.3 is 0 Å². The van der Waals surface area contributed by atoms with Crippen LogP contribution in [0.5, 0.6) is 0 Å². The van der Waals surface area contributed by atoms with E-state index < -0.39 is 0 Å². The highest BCUT2D eigenvalue weighted by Gasteiger charge is 2.21. The van der Waals surface area contributed by atoms with Crippen LogP contribution in [-0.4, -0.2) is 22.6 Å². The van der Waals surface area contributed by atoms with Gasteiger partial charge in [0.05, 0.1) is 0 Å². The van der Waals surface area contributed by atoms with Crippen LogP contribution in [0.25, 0.3) is 0 Å². The van der Waals surface area contributed by atoms with Gasteiger partial charge in [0, 0.05) is 18.2 Å². The van der Waals surface area contributed by atoms with Crippen molar-refractivity contribution in [1.29, 1.82) is 0 Å². The standard InChI is InChI=1S/C16H28N4/c1-4-6-13-7-9-14(10-8-13)20-16-12(3)15(17-5-2)18-11-19-16/h11,13-14H,4-10H2,1-3H3,(H2,17,18,19,20). The molecule has 1 aliphatic rings. The molecule has 0 atom stereocenters. The monoisotopic (exact) mass is 276 g/mol. The van der Waals surface area contributed by atoms with Crippen molar-refractivity contribution in [2.75, 3.05) is 17.2 Å². The summed E-state index contributed by atoms with van der Waals surface area (Å²) in [4.78, 5) is 8.70. The Bertz CT molecular complexity index is 411. The van der Waals surface area contributed by atoms with Crippen molar-refractivity contribution >= 4 is 11.6 Å². The summed E-state index contributed by atoms with van der Waals surface area (Å²) < 4.78 is 0. The predicted octanol–water partition coefficient (Wildman–Crippen LogP) is 3.99. The Morgan fingerprint density at radius 2 is 1.80 bits per heavy atom. The zero-order valence-electron chi connectivity index (χ0n) is 13.1. The highest BCUT2D eigenvalue weighted by molar-refractivity contribution is 5.56. The van der Waals surface area contributed by atoms with Crippen molar-refractivity contribution in [2.24, 2.45) is 5.92 Å². The van der Waals surface area contributed by atoms with Crippen molar-refractivity contribution in [3.63, 3.8) is 0 Å². The maximum absolute atomic E-state index is 4.41. The Kier molecular flexibility index (Phi) is 5.62. The molecule has 0 unspecified atom stereocenters. The van der Waals surface area contributed by atoms with Crippen molar-refractivity contribution in [1.82, 2.24) is 9.97 Å². The topological polar surface area (TPSA) is 49.8 Å². The molecule has 20 heavy (non-hydrogen) atoms. The summed E-state index contributed by atoms with van der Waals surface area (Å²) in [7, 11) is 0. The molecule has 0 bridgehead atoms. The van der Waals surface area contributed by atoms with E-state index >= 15 is 0 Å². The lowest BCUT2D eigenvalue weighted by Crippen LogP contribution is -2.27. The summed E-state index contributed by atoms with van der Waals surface area (Å²) in [5.74, 6) is 2.89. The maximum Gasteiger partial charge on any atom is 0.134 e. The summed E-state index contributed by atoms with van der Waals surface area (Å²) in [6.07, 6.45) is 9.61. The number of hydrogen-bond acceptors (Lipinski definition) is 4. The third-order valence-corrected chi connectivity index (χ3v) is 4.31. The van der Waals surface area contributed by atoms with E-state index in [1.54, 1.807) is 6.33 Å². The quantitative estimate of drug-likeness (QED) is 0.825. The molecule has 1 aromatic rings. The van der Waals surface area contributed by atoms with Crippen LogP contribution in [0.2, 0.25) is 0 Å². The van der Waals surface area contributed by atoms with Gasteiger partial charge in [-0.2, -0.15) is 0 Å². The summed E-state index contributed by atoms with van der Waals surface area (Å²) >= 11 is 0. The molecule has 0 aromatic carbocycles. The summed E-state index contributed by atoms with van der Waals surface area (Å²) in [6.45, 7) is 7.35. The van der Waals surface area contributed by atoms with Gasteiger partial charge in [-0.1, -0.05) is 19.8 Å². The minimum absolute atomic E-state index is 0.575. The molecule has 1 aromatic heterocycles. The molecule has 1 saturated carbocycles.